The first kappa shape index (κ1) is 15.4. The van der Waals surface area contributed by atoms with E-state index in [4.69, 9.17) is 0 Å². The van der Waals surface area contributed by atoms with Crippen LogP contribution < -0.4 is 5.32 Å². The van der Waals surface area contributed by atoms with Gasteiger partial charge in [-0.2, -0.15) is 0 Å². The molecule has 0 aliphatic heterocycles. The van der Waals surface area contributed by atoms with Crippen LogP contribution in [0.25, 0.3) is 0 Å². The number of halogens is 2. The molecule has 1 nitrogen and oxygen atoms in total. The highest BCUT2D eigenvalue weighted by Crippen LogP contribution is 2.35. The van der Waals surface area contributed by atoms with Gasteiger partial charge in [0.05, 0.1) is 0 Å². The van der Waals surface area contributed by atoms with Gasteiger partial charge in [0.1, 0.15) is 11.6 Å². The van der Waals surface area contributed by atoms with Gasteiger partial charge >= 0.3 is 0 Å². The Kier molecular flexibility index (Phi) is 5.96. The van der Waals surface area contributed by atoms with E-state index in [1.54, 1.807) is 0 Å². The van der Waals surface area contributed by atoms with Gasteiger partial charge in [0.2, 0.25) is 0 Å². The molecule has 1 N–H and O–H groups in total. The first-order valence-electron chi connectivity index (χ1n) is 7.91. The van der Waals surface area contributed by atoms with E-state index in [9.17, 15) is 8.78 Å². The fraction of sp³-hybridized carbons (Fsp3) is 0.647. The summed E-state index contributed by atoms with van der Waals surface area (Å²) >= 11 is 0. The predicted octanol–water partition coefficient (Wildman–Crippen LogP) is 4.98. The molecule has 3 heteroatoms. The largest absolute Gasteiger partial charge is 0.310 e. The third kappa shape index (κ3) is 3.78. The monoisotopic (exact) mass is 281 g/mol. The summed E-state index contributed by atoms with van der Waals surface area (Å²) in [5.41, 5.74) is 0.236. The van der Waals surface area contributed by atoms with Crippen LogP contribution in [0, 0.1) is 17.6 Å². The number of hydrogen-bond acceptors (Lipinski definition) is 1. The number of hydrogen-bond donors (Lipinski definition) is 1. The summed E-state index contributed by atoms with van der Waals surface area (Å²) in [6.07, 6.45) is 8.25. The lowest BCUT2D eigenvalue weighted by molar-refractivity contribution is 0.280. The number of nitrogens with one attached hydrogen (secondary N) is 1. The molecule has 1 aromatic carbocycles. The van der Waals surface area contributed by atoms with Crippen LogP contribution in [0.2, 0.25) is 0 Å². The molecule has 1 atom stereocenters. The number of rotatable bonds is 4. The molecular weight excluding hydrogens is 256 g/mol. The molecule has 1 aromatic rings. The SMILES string of the molecule is CCNC(c1c(F)cccc1F)C1CCCCCCC1. The molecule has 0 aromatic heterocycles. The molecule has 0 amide bonds. The van der Waals surface area contributed by atoms with Gasteiger partial charge in [-0.15, -0.1) is 0 Å². The minimum Gasteiger partial charge on any atom is -0.310 e. The van der Waals surface area contributed by atoms with Crippen molar-refractivity contribution in [2.75, 3.05) is 6.54 Å². The van der Waals surface area contributed by atoms with Crippen molar-refractivity contribution in [2.45, 2.75) is 57.9 Å². The Labute approximate surface area is 120 Å². The highest BCUT2D eigenvalue weighted by molar-refractivity contribution is 5.24. The van der Waals surface area contributed by atoms with Crippen LogP contribution in [-0.2, 0) is 0 Å². The molecule has 20 heavy (non-hydrogen) atoms. The maximum atomic E-state index is 14.1. The van der Waals surface area contributed by atoms with Gasteiger partial charge in [-0.1, -0.05) is 45.1 Å². The second-order valence-electron chi connectivity index (χ2n) is 5.78. The average Bonchev–Trinajstić information content (AvgIpc) is 2.37. The van der Waals surface area contributed by atoms with E-state index < -0.39 is 11.6 Å². The van der Waals surface area contributed by atoms with Gasteiger partial charge in [0, 0.05) is 11.6 Å². The van der Waals surface area contributed by atoms with Gasteiger partial charge in [-0.05, 0) is 37.4 Å². The van der Waals surface area contributed by atoms with Crippen molar-refractivity contribution in [3.8, 4) is 0 Å². The maximum absolute atomic E-state index is 14.1. The Morgan fingerprint density at radius 3 is 2.15 bits per heavy atom. The molecule has 1 fully saturated rings. The summed E-state index contributed by atoms with van der Waals surface area (Å²) in [6.45, 7) is 2.73. The van der Waals surface area contributed by atoms with Crippen LogP contribution in [0.5, 0.6) is 0 Å². The molecule has 2 rings (SSSR count). The van der Waals surface area contributed by atoms with Crippen LogP contribution in [0.1, 0.15) is 63.5 Å². The highest BCUT2D eigenvalue weighted by atomic mass is 19.1. The molecule has 1 aliphatic rings. The third-order valence-corrected chi connectivity index (χ3v) is 4.36. The zero-order valence-electron chi connectivity index (χ0n) is 12.3. The van der Waals surface area contributed by atoms with Crippen molar-refractivity contribution < 1.29 is 8.78 Å². The van der Waals surface area contributed by atoms with Crippen molar-refractivity contribution in [3.05, 3.63) is 35.4 Å². The molecular formula is C17H25F2N. The topological polar surface area (TPSA) is 12.0 Å². The highest BCUT2D eigenvalue weighted by Gasteiger charge is 2.27. The molecule has 0 saturated heterocycles. The molecule has 1 unspecified atom stereocenters. The molecule has 112 valence electrons. The fourth-order valence-electron chi connectivity index (χ4n) is 3.35. The van der Waals surface area contributed by atoms with E-state index in [0.717, 1.165) is 19.4 Å². The lowest BCUT2D eigenvalue weighted by atomic mass is 9.82. The zero-order valence-corrected chi connectivity index (χ0v) is 12.3. The Morgan fingerprint density at radius 2 is 1.60 bits per heavy atom. The first-order chi connectivity index (χ1) is 9.74. The Bertz CT molecular complexity index is 391. The quantitative estimate of drug-likeness (QED) is 0.821. The molecule has 1 aliphatic carbocycles. The van der Waals surface area contributed by atoms with Crippen molar-refractivity contribution >= 4 is 0 Å². The van der Waals surface area contributed by atoms with Crippen LogP contribution in [0.4, 0.5) is 8.78 Å². The standard InChI is InChI=1S/C17H25F2N/c1-2-20-17(13-9-6-4-3-5-7-10-13)16-14(18)11-8-12-15(16)19/h8,11-13,17,20H,2-7,9-10H2,1H3. The summed E-state index contributed by atoms with van der Waals surface area (Å²) in [6, 6.07) is 3.98. The lowest BCUT2D eigenvalue weighted by Crippen LogP contribution is -2.30. The van der Waals surface area contributed by atoms with Crippen LogP contribution in [-0.4, -0.2) is 6.54 Å². The fourth-order valence-corrected chi connectivity index (χ4v) is 3.35. The van der Waals surface area contributed by atoms with Crippen molar-refractivity contribution in [3.63, 3.8) is 0 Å². The first-order valence-corrected chi connectivity index (χ1v) is 7.91. The predicted molar refractivity (Wildman–Crippen MR) is 78.6 cm³/mol. The normalized spacial score (nSPS) is 19.4. The minimum absolute atomic E-state index is 0.195. The lowest BCUT2D eigenvalue weighted by Gasteiger charge is -2.30. The van der Waals surface area contributed by atoms with Gasteiger partial charge in [-0.25, -0.2) is 8.78 Å². The van der Waals surface area contributed by atoms with Crippen molar-refractivity contribution in [1.82, 2.24) is 5.32 Å². The van der Waals surface area contributed by atoms with Crippen molar-refractivity contribution in [2.24, 2.45) is 5.92 Å². The molecule has 0 radical (unpaired) electrons. The summed E-state index contributed by atoms with van der Waals surface area (Å²) < 4.78 is 28.2. The molecule has 0 spiro atoms. The van der Waals surface area contributed by atoms with Crippen LogP contribution in [0.15, 0.2) is 18.2 Å². The van der Waals surface area contributed by atoms with Gasteiger partial charge in [0.25, 0.3) is 0 Å². The second kappa shape index (κ2) is 7.72. The van der Waals surface area contributed by atoms with Gasteiger partial charge in [0.15, 0.2) is 0 Å². The van der Waals surface area contributed by atoms with E-state index in [2.05, 4.69) is 5.32 Å². The minimum atomic E-state index is -0.419. The summed E-state index contributed by atoms with van der Waals surface area (Å²) in [7, 11) is 0. The van der Waals surface area contributed by atoms with E-state index >= 15 is 0 Å². The van der Waals surface area contributed by atoms with E-state index in [1.807, 2.05) is 6.92 Å². The molecule has 0 heterocycles. The summed E-state index contributed by atoms with van der Waals surface area (Å²) in [5, 5.41) is 3.32. The summed E-state index contributed by atoms with van der Waals surface area (Å²) in [5.74, 6) is -0.502. The van der Waals surface area contributed by atoms with Crippen LogP contribution in [0.3, 0.4) is 0 Å². The third-order valence-electron chi connectivity index (χ3n) is 4.36. The van der Waals surface area contributed by atoms with Gasteiger partial charge in [-0.3, -0.25) is 0 Å². The van der Waals surface area contributed by atoms with E-state index in [0.29, 0.717) is 5.92 Å². The van der Waals surface area contributed by atoms with E-state index in [-0.39, 0.29) is 11.6 Å². The van der Waals surface area contributed by atoms with Gasteiger partial charge < -0.3 is 5.32 Å². The molecule has 0 bridgehead atoms. The maximum Gasteiger partial charge on any atom is 0.130 e. The Morgan fingerprint density at radius 1 is 1.05 bits per heavy atom. The Balaban J connectivity index is 2.24. The van der Waals surface area contributed by atoms with E-state index in [1.165, 1.54) is 50.3 Å². The number of benzene rings is 1. The second-order valence-corrected chi connectivity index (χ2v) is 5.78. The van der Waals surface area contributed by atoms with Crippen LogP contribution >= 0.6 is 0 Å². The van der Waals surface area contributed by atoms with Crippen molar-refractivity contribution in [1.29, 1.82) is 0 Å². The zero-order chi connectivity index (χ0) is 14.4. The summed E-state index contributed by atoms with van der Waals surface area (Å²) in [4.78, 5) is 0. The Hall–Kier alpha value is -0.960. The molecule has 1 saturated carbocycles. The average molecular weight is 281 g/mol. The smallest absolute Gasteiger partial charge is 0.130 e.